The third-order valence-corrected chi connectivity index (χ3v) is 5.05. The Morgan fingerprint density at radius 3 is 2.35 bits per heavy atom. The van der Waals surface area contributed by atoms with E-state index >= 15 is 0 Å². The predicted molar refractivity (Wildman–Crippen MR) is 113 cm³/mol. The Kier molecular flexibility index (Phi) is 7.71. The molecule has 0 saturated carbocycles. The quantitative estimate of drug-likeness (QED) is 0.631. The monoisotopic (exact) mass is 396 g/mol. The molecular weight excluding hydrogens is 368 g/mol. The van der Waals surface area contributed by atoms with Crippen molar-refractivity contribution in [1.29, 1.82) is 0 Å². The summed E-state index contributed by atoms with van der Waals surface area (Å²) in [4.78, 5) is 2.22. The van der Waals surface area contributed by atoms with E-state index in [9.17, 15) is 0 Å². The molecule has 1 aliphatic heterocycles. The molecule has 2 rings (SSSR count). The molecule has 0 radical (unpaired) electrons. The number of fused-ring (bicyclic) bond motifs is 1. The Hall–Kier alpha value is -1.80. The second-order valence-electron chi connectivity index (χ2n) is 5.94. The van der Waals surface area contributed by atoms with E-state index in [1.807, 2.05) is 13.8 Å². The summed E-state index contributed by atoms with van der Waals surface area (Å²) in [6.45, 7) is 7.15. The van der Waals surface area contributed by atoms with Gasteiger partial charge in [0.2, 0.25) is 0 Å². The molecule has 26 heavy (non-hydrogen) atoms. The highest BCUT2D eigenvalue weighted by Gasteiger charge is 2.30. The lowest BCUT2D eigenvalue weighted by atomic mass is 9.92. The lowest BCUT2D eigenvalue weighted by Gasteiger charge is -2.39. The summed E-state index contributed by atoms with van der Waals surface area (Å²) in [6, 6.07) is 4.18. The molecule has 6 nitrogen and oxygen atoms in total. The van der Waals surface area contributed by atoms with Crippen LogP contribution in [0.3, 0.4) is 0 Å². The summed E-state index contributed by atoms with van der Waals surface area (Å²) in [7, 11) is 3.31. The zero-order valence-electron chi connectivity index (χ0n) is 15.8. The standard InChI is InChI=1S/C18H28N4O2S2/c1-5-19-17(25)21-11-14-13-10-16(24-4)15(23-3)9-12(13)7-8-22(14)18(26)20-6-2/h9-10,14H,5-8,11H2,1-4H3,(H,20,26)(H2,19,21,25)/t14-/m0/s1. The zero-order chi connectivity index (χ0) is 19.1. The Morgan fingerprint density at radius 2 is 1.73 bits per heavy atom. The normalized spacial score (nSPS) is 15.7. The molecule has 1 heterocycles. The first-order valence-electron chi connectivity index (χ1n) is 8.86. The number of nitrogens with zero attached hydrogens (tertiary/aromatic N) is 1. The summed E-state index contributed by atoms with van der Waals surface area (Å²) in [5.41, 5.74) is 2.43. The fourth-order valence-electron chi connectivity index (χ4n) is 3.16. The molecule has 0 aromatic heterocycles. The van der Waals surface area contributed by atoms with E-state index in [0.717, 1.165) is 42.7 Å². The minimum Gasteiger partial charge on any atom is -0.493 e. The summed E-state index contributed by atoms with van der Waals surface area (Å²) in [6.07, 6.45) is 0.898. The average Bonchev–Trinajstić information content (AvgIpc) is 2.65. The van der Waals surface area contributed by atoms with Crippen LogP contribution in [0.1, 0.15) is 31.0 Å². The highest BCUT2D eigenvalue weighted by Crippen LogP contribution is 2.37. The van der Waals surface area contributed by atoms with Crippen LogP contribution in [0, 0.1) is 0 Å². The maximum Gasteiger partial charge on any atom is 0.169 e. The fraction of sp³-hybridized carbons (Fsp3) is 0.556. The minimum absolute atomic E-state index is 0.0571. The van der Waals surface area contributed by atoms with E-state index < -0.39 is 0 Å². The Bertz CT molecular complexity index is 654. The molecule has 1 aliphatic rings. The first-order valence-corrected chi connectivity index (χ1v) is 9.68. The van der Waals surface area contributed by atoms with Crippen LogP contribution >= 0.6 is 24.4 Å². The summed E-state index contributed by atoms with van der Waals surface area (Å²) in [5, 5.41) is 11.1. The van der Waals surface area contributed by atoms with Gasteiger partial charge >= 0.3 is 0 Å². The molecule has 0 saturated heterocycles. The molecule has 0 bridgehead atoms. The van der Waals surface area contributed by atoms with Gasteiger partial charge in [0.1, 0.15) is 0 Å². The Balaban J connectivity index is 2.35. The number of hydrogen-bond donors (Lipinski definition) is 3. The molecule has 0 aliphatic carbocycles. The molecule has 0 fully saturated rings. The molecule has 0 amide bonds. The van der Waals surface area contributed by atoms with E-state index in [-0.39, 0.29) is 6.04 Å². The Labute approximate surface area is 166 Å². The van der Waals surface area contributed by atoms with Crippen molar-refractivity contribution in [2.75, 3.05) is 40.4 Å². The van der Waals surface area contributed by atoms with Crippen molar-refractivity contribution in [1.82, 2.24) is 20.9 Å². The van der Waals surface area contributed by atoms with Crippen molar-refractivity contribution in [3.05, 3.63) is 23.3 Å². The van der Waals surface area contributed by atoms with Gasteiger partial charge < -0.3 is 30.3 Å². The van der Waals surface area contributed by atoms with Gasteiger partial charge in [-0.1, -0.05) is 0 Å². The van der Waals surface area contributed by atoms with Crippen LogP contribution in [0.15, 0.2) is 12.1 Å². The number of rotatable bonds is 6. The number of methoxy groups -OCH3 is 2. The van der Waals surface area contributed by atoms with E-state index in [1.165, 1.54) is 11.1 Å². The van der Waals surface area contributed by atoms with Crippen molar-refractivity contribution < 1.29 is 9.47 Å². The summed E-state index contributed by atoms with van der Waals surface area (Å²) < 4.78 is 11.0. The van der Waals surface area contributed by atoms with Crippen LogP contribution in [0.2, 0.25) is 0 Å². The SMILES string of the molecule is CCNC(=S)NC[C@H]1c2cc(OC)c(OC)cc2CCN1C(=S)NCC. The van der Waals surface area contributed by atoms with Gasteiger partial charge in [-0.2, -0.15) is 0 Å². The molecular formula is C18H28N4O2S2. The van der Waals surface area contributed by atoms with Gasteiger partial charge in [-0.05, 0) is 68.0 Å². The third-order valence-electron chi connectivity index (χ3n) is 4.38. The molecule has 3 N–H and O–H groups in total. The first-order chi connectivity index (χ1) is 12.5. The summed E-state index contributed by atoms with van der Waals surface area (Å²) >= 11 is 10.9. The summed E-state index contributed by atoms with van der Waals surface area (Å²) in [5.74, 6) is 1.48. The number of hydrogen-bond acceptors (Lipinski definition) is 4. The topological polar surface area (TPSA) is 57.8 Å². The van der Waals surface area contributed by atoms with Crippen LogP contribution in [0.5, 0.6) is 11.5 Å². The molecule has 0 spiro atoms. The number of ether oxygens (including phenoxy) is 2. The van der Waals surface area contributed by atoms with Crippen molar-refractivity contribution in [2.24, 2.45) is 0 Å². The maximum atomic E-state index is 5.60. The van der Waals surface area contributed by atoms with Crippen molar-refractivity contribution in [3.8, 4) is 11.5 Å². The largest absolute Gasteiger partial charge is 0.493 e. The van der Waals surface area contributed by atoms with Gasteiger partial charge in [-0.15, -0.1) is 0 Å². The van der Waals surface area contributed by atoms with Crippen molar-refractivity contribution in [3.63, 3.8) is 0 Å². The second kappa shape index (κ2) is 9.78. The maximum absolute atomic E-state index is 5.60. The van der Waals surface area contributed by atoms with Gasteiger partial charge in [0, 0.05) is 26.2 Å². The van der Waals surface area contributed by atoms with Crippen molar-refractivity contribution >= 4 is 34.7 Å². The molecule has 0 unspecified atom stereocenters. The highest BCUT2D eigenvalue weighted by atomic mass is 32.1. The minimum atomic E-state index is 0.0571. The van der Waals surface area contributed by atoms with E-state index in [0.29, 0.717) is 11.7 Å². The second-order valence-corrected chi connectivity index (χ2v) is 6.74. The number of nitrogens with one attached hydrogen (secondary N) is 3. The molecule has 1 aromatic rings. The highest BCUT2D eigenvalue weighted by molar-refractivity contribution is 7.80. The molecule has 1 aromatic carbocycles. The number of benzene rings is 1. The molecule has 1 atom stereocenters. The average molecular weight is 397 g/mol. The molecule has 144 valence electrons. The van der Waals surface area contributed by atoms with Gasteiger partial charge in [-0.25, -0.2) is 0 Å². The fourth-order valence-corrected chi connectivity index (χ4v) is 3.75. The third kappa shape index (κ3) is 4.67. The lowest BCUT2D eigenvalue weighted by molar-refractivity contribution is 0.290. The van der Waals surface area contributed by atoms with Crippen LogP contribution in [-0.4, -0.2) is 55.5 Å². The van der Waals surface area contributed by atoms with E-state index in [1.54, 1.807) is 14.2 Å². The van der Waals surface area contributed by atoms with Crippen LogP contribution < -0.4 is 25.4 Å². The van der Waals surface area contributed by atoms with E-state index in [2.05, 4.69) is 33.0 Å². The number of thiocarbonyl (C=S) groups is 2. The first kappa shape index (κ1) is 20.5. The van der Waals surface area contributed by atoms with Crippen LogP contribution in [0.25, 0.3) is 0 Å². The lowest BCUT2D eigenvalue weighted by Crippen LogP contribution is -2.49. The molecule has 8 heteroatoms. The van der Waals surface area contributed by atoms with Crippen LogP contribution in [-0.2, 0) is 6.42 Å². The van der Waals surface area contributed by atoms with Crippen LogP contribution in [0.4, 0.5) is 0 Å². The van der Waals surface area contributed by atoms with Gasteiger partial charge in [-0.3, -0.25) is 0 Å². The van der Waals surface area contributed by atoms with Crippen molar-refractivity contribution in [2.45, 2.75) is 26.3 Å². The van der Waals surface area contributed by atoms with Gasteiger partial charge in [0.15, 0.2) is 21.7 Å². The predicted octanol–water partition coefficient (Wildman–Crippen LogP) is 1.98. The smallest absolute Gasteiger partial charge is 0.169 e. The zero-order valence-corrected chi connectivity index (χ0v) is 17.5. The van der Waals surface area contributed by atoms with Gasteiger partial charge in [0.05, 0.1) is 20.3 Å². The van der Waals surface area contributed by atoms with E-state index in [4.69, 9.17) is 33.9 Å². The Morgan fingerprint density at radius 1 is 1.08 bits per heavy atom. The van der Waals surface area contributed by atoms with Gasteiger partial charge in [0.25, 0.3) is 0 Å².